The normalized spacial score (nSPS) is 13.4. The molecule has 17 heavy (non-hydrogen) atoms. The van der Waals surface area contributed by atoms with Crippen molar-refractivity contribution in [3.63, 3.8) is 0 Å². The summed E-state index contributed by atoms with van der Waals surface area (Å²) in [5.74, 6) is -0.169. The van der Waals surface area contributed by atoms with Crippen LogP contribution in [0, 0.1) is 0 Å². The molecule has 0 rings (SSSR count). The minimum absolute atomic E-state index is 0.169. The molecule has 0 unspecified atom stereocenters. The van der Waals surface area contributed by atoms with Crippen LogP contribution in [0.5, 0.6) is 0 Å². The fourth-order valence-corrected chi connectivity index (χ4v) is 1.76. The number of carbonyl (C=O) groups is 1. The van der Waals surface area contributed by atoms with Crippen molar-refractivity contribution in [3.8, 4) is 0 Å². The van der Waals surface area contributed by atoms with Gasteiger partial charge in [-0.25, -0.2) is 13.1 Å². The average Bonchev–Trinajstić information content (AvgIpc) is 2.23. The molecule has 0 aromatic carbocycles. The highest BCUT2D eigenvalue weighted by molar-refractivity contribution is 7.88. The number of hydrogen-bond donors (Lipinski definition) is 3. The first-order valence-corrected chi connectivity index (χ1v) is 7.74. The molecule has 0 aliphatic heterocycles. The van der Waals surface area contributed by atoms with E-state index in [1.165, 1.54) is 0 Å². The summed E-state index contributed by atoms with van der Waals surface area (Å²) in [5, 5.41) is 2.68. The molecule has 0 heterocycles. The van der Waals surface area contributed by atoms with Gasteiger partial charge >= 0.3 is 0 Å². The third kappa shape index (κ3) is 10.2. The van der Waals surface area contributed by atoms with Crippen molar-refractivity contribution in [3.05, 3.63) is 0 Å². The van der Waals surface area contributed by atoms with Crippen LogP contribution in [0.15, 0.2) is 0 Å². The Morgan fingerprint density at radius 1 is 1.29 bits per heavy atom. The van der Waals surface area contributed by atoms with E-state index >= 15 is 0 Å². The van der Waals surface area contributed by atoms with Crippen molar-refractivity contribution in [1.82, 2.24) is 10.0 Å². The number of carbonyl (C=O) groups excluding carboxylic acids is 1. The summed E-state index contributed by atoms with van der Waals surface area (Å²) in [6.45, 7) is 2.80. The third-order valence-electron chi connectivity index (χ3n) is 2.22. The minimum Gasteiger partial charge on any atom is -0.355 e. The van der Waals surface area contributed by atoms with Gasteiger partial charge in [0.05, 0.1) is 12.3 Å². The lowest BCUT2D eigenvalue weighted by atomic mass is 10.1. The summed E-state index contributed by atoms with van der Waals surface area (Å²) < 4.78 is 23.8. The lowest BCUT2D eigenvalue weighted by molar-refractivity contribution is -0.122. The highest BCUT2D eigenvalue weighted by Gasteiger charge is 2.11. The van der Waals surface area contributed by atoms with Crippen LogP contribution >= 0.6 is 0 Å². The maximum atomic E-state index is 11.4. The highest BCUT2D eigenvalue weighted by Crippen LogP contribution is 1.97. The number of nitrogens with one attached hydrogen (secondary N) is 2. The smallest absolute Gasteiger partial charge is 0.236 e. The Hall–Kier alpha value is -0.660. The van der Waals surface area contributed by atoms with Gasteiger partial charge in [0.2, 0.25) is 15.9 Å². The van der Waals surface area contributed by atoms with E-state index in [1.807, 2.05) is 6.92 Å². The van der Waals surface area contributed by atoms with Gasteiger partial charge in [-0.05, 0) is 12.8 Å². The van der Waals surface area contributed by atoms with E-state index in [2.05, 4.69) is 10.0 Å². The average molecular weight is 265 g/mol. The molecule has 0 aliphatic rings. The van der Waals surface area contributed by atoms with E-state index in [0.29, 0.717) is 25.9 Å². The molecule has 0 saturated heterocycles. The topological polar surface area (TPSA) is 101 Å². The van der Waals surface area contributed by atoms with Gasteiger partial charge in [-0.15, -0.1) is 0 Å². The van der Waals surface area contributed by atoms with Crippen LogP contribution in [0.4, 0.5) is 0 Å². The summed E-state index contributed by atoms with van der Waals surface area (Å²) in [7, 11) is -3.14. The SMILES string of the molecule is CCCC[C@H](N)C(=O)NCCCNS(C)(=O)=O. The number of rotatable bonds is 9. The van der Waals surface area contributed by atoms with Crippen molar-refractivity contribution in [2.45, 2.75) is 38.6 Å². The summed E-state index contributed by atoms with van der Waals surface area (Å²) in [6.07, 6.45) is 4.29. The second-order valence-electron chi connectivity index (χ2n) is 4.06. The van der Waals surface area contributed by atoms with Gasteiger partial charge in [0.1, 0.15) is 0 Å². The van der Waals surface area contributed by atoms with E-state index in [1.54, 1.807) is 0 Å². The Bertz CT molecular complexity index is 317. The summed E-state index contributed by atoms with van der Waals surface area (Å²) >= 11 is 0. The molecule has 0 fully saturated rings. The van der Waals surface area contributed by atoms with Crippen LogP contribution < -0.4 is 15.8 Å². The molecule has 0 aromatic heterocycles. The standard InChI is InChI=1S/C10H23N3O3S/c1-3-4-6-9(11)10(14)12-7-5-8-13-17(2,15)16/h9,13H,3-8,11H2,1-2H3,(H,12,14)/t9-/m0/s1. The van der Waals surface area contributed by atoms with E-state index in [0.717, 1.165) is 19.1 Å². The van der Waals surface area contributed by atoms with Crippen LogP contribution in [-0.2, 0) is 14.8 Å². The second kappa shape index (κ2) is 8.43. The first-order chi connectivity index (χ1) is 7.87. The Balaban J connectivity index is 3.57. The van der Waals surface area contributed by atoms with Crippen molar-refractivity contribution >= 4 is 15.9 Å². The first kappa shape index (κ1) is 16.3. The van der Waals surface area contributed by atoms with Gasteiger partial charge in [0.25, 0.3) is 0 Å². The molecule has 7 heteroatoms. The molecule has 1 amide bonds. The summed E-state index contributed by atoms with van der Waals surface area (Å²) in [6, 6.07) is -0.460. The largest absolute Gasteiger partial charge is 0.355 e. The van der Waals surface area contributed by atoms with E-state index in [-0.39, 0.29) is 5.91 Å². The first-order valence-electron chi connectivity index (χ1n) is 5.84. The number of unbranched alkanes of at least 4 members (excludes halogenated alkanes) is 1. The van der Waals surface area contributed by atoms with Crippen LogP contribution in [0.1, 0.15) is 32.6 Å². The summed E-state index contributed by atoms with van der Waals surface area (Å²) in [5.41, 5.74) is 5.66. The van der Waals surface area contributed by atoms with Crippen LogP contribution in [0.3, 0.4) is 0 Å². The predicted molar refractivity (Wildman–Crippen MR) is 68.0 cm³/mol. The molecular formula is C10H23N3O3S. The molecule has 0 saturated carbocycles. The fraction of sp³-hybridized carbons (Fsp3) is 0.900. The lowest BCUT2D eigenvalue weighted by Gasteiger charge is -2.11. The highest BCUT2D eigenvalue weighted by atomic mass is 32.2. The van der Waals surface area contributed by atoms with Gasteiger partial charge in [-0.2, -0.15) is 0 Å². The van der Waals surface area contributed by atoms with Crippen LogP contribution in [0.2, 0.25) is 0 Å². The van der Waals surface area contributed by atoms with Gasteiger partial charge in [0.15, 0.2) is 0 Å². The minimum atomic E-state index is -3.14. The molecule has 1 atom stereocenters. The molecule has 0 spiro atoms. The lowest BCUT2D eigenvalue weighted by Crippen LogP contribution is -2.41. The van der Waals surface area contributed by atoms with Crippen molar-refractivity contribution in [2.24, 2.45) is 5.73 Å². The van der Waals surface area contributed by atoms with Gasteiger partial charge in [-0.1, -0.05) is 19.8 Å². The zero-order valence-corrected chi connectivity index (χ0v) is 11.3. The molecule has 0 radical (unpaired) electrons. The molecule has 6 nitrogen and oxygen atoms in total. The Labute approximate surface area is 103 Å². The third-order valence-corrected chi connectivity index (χ3v) is 2.95. The molecule has 0 bridgehead atoms. The molecular weight excluding hydrogens is 242 g/mol. The number of nitrogens with two attached hydrogens (primary N) is 1. The van der Waals surface area contributed by atoms with Gasteiger partial charge in [-0.3, -0.25) is 4.79 Å². The van der Waals surface area contributed by atoms with Crippen LogP contribution in [0.25, 0.3) is 0 Å². The summed E-state index contributed by atoms with van der Waals surface area (Å²) in [4.78, 5) is 11.4. The Morgan fingerprint density at radius 3 is 2.47 bits per heavy atom. The number of hydrogen-bond acceptors (Lipinski definition) is 4. The number of sulfonamides is 1. The van der Waals surface area contributed by atoms with E-state index in [9.17, 15) is 13.2 Å². The zero-order valence-electron chi connectivity index (χ0n) is 10.5. The van der Waals surface area contributed by atoms with Gasteiger partial charge < -0.3 is 11.1 Å². The Morgan fingerprint density at radius 2 is 1.94 bits per heavy atom. The Kier molecular flexibility index (Phi) is 8.11. The van der Waals surface area contributed by atoms with Crippen LogP contribution in [-0.4, -0.2) is 39.7 Å². The predicted octanol–water partition coefficient (Wildman–Crippen LogP) is -0.441. The van der Waals surface area contributed by atoms with E-state index in [4.69, 9.17) is 5.73 Å². The van der Waals surface area contributed by atoms with Gasteiger partial charge in [0, 0.05) is 13.1 Å². The quantitative estimate of drug-likeness (QED) is 0.492. The molecule has 4 N–H and O–H groups in total. The van der Waals surface area contributed by atoms with Crippen molar-refractivity contribution < 1.29 is 13.2 Å². The second-order valence-corrected chi connectivity index (χ2v) is 5.89. The molecule has 0 aliphatic carbocycles. The number of amides is 1. The molecule has 0 aromatic rings. The van der Waals surface area contributed by atoms with Crippen molar-refractivity contribution in [1.29, 1.82) is 0 Å². The van der Waals surface area contributed by atoms with E-state index < -0.39 is 16.1 Å². The monoisotopic (exact) mass is 265 g/mol. The molecule has 102 valence electrons. The van der Waals surface area contributed by atoms with Crippen molar-refractivity contribution in [2.75, 3.05) is 19.3 Å². The maximum absolute atomic E-state index is 11.4. The fourth-order valence-electron chi connectivity index (χ4n) is 1.24. The maximum Gasteiger partial charge on any atom is 0.236 e. The zero-order chi connectivity index (χ0) is 13.3.